The molecule has 6 atom stereocenters. The normalized spacial score (nSPS) is 19.2. The number of hydrogen-bond donors (Lipinski definition) is 5. The fraction of sp³-hybridized carbons (Fsp3) is 0.824. The smallest absolute Gasteiger partial charge is 0.408 e. The number of nitrogens with one attached hydrogen (secondary N) is 2. The van der Waals surface area contributed by atoms with E-state index in [1.54, 1.807) is 4.90 Å². The standard InChI is InChI=1S/C51H91N3O8/c1-4-6-8-10-12-14-16-18-19-20-22-24-26-28-30-35-39-54(45(56)38-34-29-27-25-23-21-17-15-13-11-9-7-5-2)50-46(48(58)47(57)44(40-55)62-50)53-49(59)42(3)52-51(60)61-41-43-36-32-31-33-37-43/h31-33,36-37,42,44,46-48,50,55,57-58H,4-30,34-35,38-41H2,1-3H3,(H,52,60)(H,53,59)/t42-,44+,46+,47+,48+,50+/m0/s1. The van der Waals surface area contributed by atoms with Crippen LogP contribution in [-0.2, 0) is 25.7 Å². The van der Waals surface area contributed by atoms with Crippen molar-refractivity contribution in [1.29, 1.82) is 0 Å². The molecule has 5 N–H and O–H groups in total. The van der Waals surface area contributed by atoms with Gasteiger partial charge in [0, 0.05) is 13.0 Å². The molecular formula is C51H91N3O8. The molecule has 0 unspecified atom stereocenters. The predicted octanol–water partition coefficient (Wildman–Crippen LogP) is 10.8. The van der Waals surface area contributed by atoms with E-state index in [9.17, 15) is 29.7 Å². The molecule has 1 aliphatic rings. The Morgan fingerprint density at radius 3 is 1.53 bits per heavy atom. The lowest BCUT2D eigenvalue weighted by Gasteiger charge is -2.47. The Labute approximate surface area is 377 Å². The number of unbranched alkanes of at least 4 members (excludes halogenated alkanes) is 27. The van der Waals surface area contributed by atoms with Gasteiger partial charge in [-0.2, -0.15) is 0 Å². The van der Waals surface area contributed by atoms with E-state index in [1.165, 1.54) is 142 Å². The summed E-state index contributed by atoms with van der Waals surface area (Å²) in [4.78, 5) is 41.7. The minimum absolute atomic E-state index is 0.0304. The number of aliphatic hydroxyl groups excluding tert-OH is 3. The molecule has 1 aliphatic heterocycles. The molecule has 1 saturated heterocycles. The lowest BCUT2D eigenvalue weighted by molar-refractivity contribution is -0.231. The first-order chi connectivity index (χ1) is 30.2. The first kappa shape index (κ1) is 55.4. The van der Waals surface area contributed by atoms with Crippen LogP contribution < -0.4 is 10.6 Å². The van der Waals surface area contributed by atoms with Crippen molar-refractivity contribution < 1.29 is 39.2 Å². The van der Waals surface area contributed by atoms with E-state index in [0.29, 0.717) is 13.0 Å². The molecule has 11 heteroatoms. The maximum atomic E-state index is 14.1. The van der Waals surface area contributed by atoms with Crippen molar-refractivity contribution in [3.05, 3.63) is 35.9 Å². The van der Waals surface area contributed by atoms with Gasteiger partial charge in [-0.05, 0) is 25.3 Å². The molecule has 358 valence electrons. The molecule has 1 fully saturated rings. The van der Waals surface area contributed by atoms with Gasteiger partial charge in [0.2, 0.25) is 11.8 Å². The van der Waals surface area contributed by atoms with E-state index in [0.717, 1.165) is 56.9 Å². The number of amides is 3. The number of nitrogens with zero attached hydrogens (tertiary/aromatic N) is 1. The summed E-state index contributed by atoms with van der Waals surface area (Å²) in [7, 11) is 0. The highest BCUT2D eigenvalue weighted by molar-refractivity contribution is 5.85. The number of carbonyl (C=O) groups excluding carboxylic acids is 3. The van der Waals surface area contributed by atoms with Crippen LogP contribution in [0.15, 0.2) is 30.3 Å². The van der Waals surface area contributed by atoms with Crippen LogP contribution in [0.2, 0.25) is 0 Å². The SMILES string of the molecule is CCCCCCCCCCCCCCCCCCN(C(=O)CCCCCCCCCCCCCCC)[C@@H]1O[C@H](CO)[C@@H](O)[C@H](O)[C@H]1NC(=O)[C@H](C)NC(=O)OCc1ccccc1. The number of alkyl carbamates (subject to hydrolysis) is 1. The molecule has 1 aromatic carbocycles. The van der Waals surface area contributed by atoms with Crippen molar-refractivity contribution in [1.82, 2.24) is 15.5 Å². The lowest BCUT2D eigenvalue weighted by Crippen LogP contribution is -2.69. The molecule has 0 aromatic heterocycles. The second-order valence-electron chi connectivity index (χ2n) is 18.1. The summed E-state index contributed by atoms with van der Waals surface area (Å²) in [5.41, 5.74) is 0.797. The number of aliphatic hydroxyl groups is 3. The Balaban J connectivity index is 1.94. The van der Waals surface area contributed by atoms with Crippen LogP contribution in [0, 0.1) is 0 Å². The van der Waals surface area contributed by atoms with Gasteiger partial charge in [0.25, 0.3) is 0 Å². The van der Waals surface area contributed by atoms with E-state index >= 15 is 0 Å². The highest BCUT2D eigenvalue weighted by Gasteiger charge is 2.48. The molecular weight excluding hydrogens is 783 g/mol. The van der Waals surface area contributed by atoms with Crippen LogP contribution >= 0.6 is 0 Å². The van der Waals surface area contributed by atoms with Crippen molar-refractivity contribution in [3.63, 3.8) is 0 Å². The van der Waals surface area contributed by atoms with Crippen molar-refractivity contribution >= 4 is 17.9 Å². The summed E-state index contributed by atoms with van der Waals surface area (Å²) in [6, 6.07) is 6.92. The van der Waals surface area contributed by atoms with Crippen LogP contribution in [0.1, 0.15) is 219 Å². The maximum Gasteiger partial charge on any atom is 0.408 e. The molecule has 0 bridgehead atoms. The quantitative estimate of drug-likeness (QED) is 0.0411. The van der Waals surface area contributed by atoms with Crippen molar-refractivity contribution in [2.45, 2.75) is 257 Å². The number of ether oxygens (including phenoxy) is 2. The third-order valence-electron chi connectivity index (χ3n) is 12.5. The molecule has 0 aliphatic carbocycles. The average molecular weight is 874 g/mol. The summed E-state index contributed by atoms with van der Waals surface area (Å²) in [5, 5.41) is 37.7. The third-order valence-corrected chi connectivity index (χ3v) is 12.5. The Morgan fingerprint density at radius 2 is 1.08 bits per heavy atom. The summed E-state index contributed by atoms with van der Waals surface area (Å²) in [5.74, 6) is -0.783. The lowest BCUT2D eigenvalue weighted by atomic mass is 9.94. The fourth-order valence-corrected chi connectivity index (χ4v) is 8.48. The minimum atomic E-state index is -1.54. The van der Waals surface area contributed by atoms with Gasteiger partial charge in [-0.1, -0.05) is 218 Å². The van der Waals surface area contributed by atoms with Gasteiger partial charge in [-0.15, -0.1) is 0 Å². The Morgan fingerprint density at radius 1 is 0.645 bits per heavy atom. The summed E-state index contributed by atoms with van der Waals surface area (Å²) in [6.45, 7) is 5.82. The van der Waals surface area contributed by atoms with Gasteiger partial charge >= 0.3 is 6.09 Å². The van der Waals surface area contributed by atoms with Crippen molar-refractivity contribution in [2.24, 2.45) is 0 Å². The van der Waals surface area contributed by atoms with Crippen molar-refractivity contribution in [3.8, 4) is 0 Å². The molecule has 1 aromatic rings. The van der Waals surface area contributed by atoms with E-state index in [1.807, 2.05) is 30.3 Å². The molecule has 0 spiro atoms. The zero-order valence-corrected chi connectivity index (χ0v) is 39.5. The van der Waals surface area contributed by atoms with E-state index in [-0.39, 0.29) is 12.5 Å². The van der Waals surface area contributed by atoms with E-state index in [2.05, 4.69) is 24.5 Å². The number of hydrogen-bond acceptors (Lipinski definition) is 8. The van der Waals surface area contributed by atoms with Gasteiger partial charge < -0.3 is 40.3 Å². The van der Waals surface area contributed by atoms with Crippen LogP contribution in [0.4, 0.5) is 4.79 Å². The Kier molecular flexibility index (Phi) is 32.7. The summed E-state index contributed by atoms with van der Waals surface area (Å²) in [6.07, 6.45) is 29.5. The van der Waals surface area contributed by atoms with Crippen molar-refractivity contribution in [2.75, 3.05) is 13.2 Å². The van der Waals surface area contributed by atoms with Crippen LogP contribution in [0.3, 0.4) is 0 Å². The predicted molar refractivity (Wildman–Crippen MR) is 250 cm³/mol. The summed E-state index contributed by atoms with van der Waals surface area (Å²) >= 11 is 0. The van der Waals surface area contributed by atoms with Gasteiger partial charge in [-0.3, -0.25) is 9.59 Å². The molecule has 62 heavy (non-hydrogen) atoms. The average Bonchev–Trinajstić information content (AvgIpc) is 3.27. The number of carbonyl (C=O) groups is 3. The van der Waals surface area contributed by atoms with Crippen LogP contribution in [-0.4, -0.2) is 87.9 Å². The summed E-state index contributed by atoms with van der Waals surface area (Å²) < 4.78 is 11.5. The third kappa shape index (κ3) is 24.9. The minimum Gasteiger partial charge on any atom is -0.445 e. The fourth-order valence-electron chi connectivity index (χ4n) is 8.48. The molecule has 0 saturated carbocycles. The van der Waals surface area contributed by atoms with E-state index < -0.39 is 55.2 Å². The van der Waals surface area contributed by atoms with Gasteiger partial charge in [0.15, 0.2) is 6.23 Å². The first-order valence-electron chi connectivity index (χ1n) is 25.4. The molecule has 0 radical (unpaired) electrons. The molecule has 1 heterocycles. The van der Waals surface area contributed by atoms with Gasteiger partial charge in [0.05, 0.1) is 6.61 Å². The monoisotopic (exact) mass is 874 g/mol. The maximum absolute atomic E-state index is 14.1. The zero-order chi connectivity index (χ0) is 45.0. The second-order valence-corrected chi connectivity index (χ2v) is 18.1. The van der Waals surface area contributed by atoms with Gasteiger partial charge in [0.1, 0.15) is 37.0 Å². The first-order valence-corrected chi connectivity index (χ1v) is 25.4. The number of rotatable bonds is 38. The molecule has 3 amide bonds. The second kappa shape index (κ2) is 36.6. The van der Waals surface area contributed by atoms with Crippen LogP contribution in [0.5, 0.6) is 0 Å². The topological polar surface area (TPSA) is 158 Å². The Hall–Kier alpha value is -2.73. The Bertz CT molecular complexity index is 1250. The largest absolute Gasteiger partial charge is 0.445 e. The highest BCUT2D eigenvalue weighted by atomic mass is 16.6. The molecule has 2 rings (SSSR count). The molecule has 11 nitrogen and oxygen atoms in total. The zero-order valence-electron chi connectivity index (χ0n) is 39.5. The highest BCUT2D eigenvalue weighted by Crippen LogP contribution is 2.26. The number of benzene rings is 1. The van der Waals surface area contributed by atoms with Crippen LogP contribution in [0.25, 0.3) is 0 Å². The van der Waals surface area contributed by atoms with Gasteiger partial charge in [-0.25, -0.2) is 4.79 Å². The van der Waals surface area contributed by atoms with E-state index in [4.69, 9.17) is 9.47 Å².